The quantitative estimate of drug-likeness (QED) is 0.469. The van der Waals surface area contributed by atoms with Crippen molar-refractivity contribution in [2.75, 3.05) is 5.75 Å². The molecule has 1 aromatic carbocycles. The van der Waals surface area contributed by atoms with Gasteiger partial charge in [0, 0.05) is 0 Å². The van der Waals surface area contributed by atoms with Crippen molar-refractivity contribution in [2.45, 2.75) is 33.0 Å². The van der Waals surface area contributed by atoms with Crippen LogP contribution in [0.15, 0.2) is 45.8 Å². The first-order valence-corrected chi connectivity index (χ1v) is 9.79. The van der Waals surface area contributed by atoms with E-state index >= 15 is 0 Å². The van der Waals surface area contributed by atoms with Gasteiger partial charge >= 0.3 is 129 Å². The molecule has 0 aliphatic carbocycles. The van der Waals surface area contributed by atoms with E-state index in [1.54, 1.807) is 3.80 Å². The molecular weight excluding hydrogens is 315 g/mol. The van der Waals surface area contributed by atoms with Gasteiger partial charge < -0.3 is 0 Å². The third kappa shape index (κ3) is 8.36. The molecule has 19 heavy (non-hydrogen) atoms. The van der Waals surface area contributed by atoms with Gasteiger partial charge in [-0.2, -0.15) is 0 Å². The fourth-order valence-corrected chi connectivity index (χ4v) is 5.14. The Balaban J connectivity index is 2.68. The molecule has 1 rings (SSSR count). The number of allylic oxidation sites excluding steroid dienone is 2. The standard InChI is InChI=1S/C17H24SSe/c1-14(2)10-11-19-17(18-13-15(3)4)12-16-8-6-5-7-9-16/h5-10,12,15H,11,13H2,1-4H3/b17-12+. The van der Waals surface area contributed by atoms with Crippen LogP contribution in [0.25, 0.3) is 6.08 Å². The van der Waals surface area contributed by atoms with Gasteiger partial charge in [-0.25, -0.2) is 0 Å². The summed E-state index contributed by atoms with van der Waals surface area (Å²) >= 11 is 2.60. The first kappa shape index (κ1) is 16.6. The van der Waals surface area contributed by atoms with Crippen molar-refractivity contribution in [3.8, 4) is 0 Å². The van der Waals surface area contributed by atoms with E-state index in [1.807, 2.05) is 11.8 Å². The average molecular weight is 339 g/mol. The Kier molecular flexibility index (Phi) is 8.29. The molecule has 0 bridgehead atoms. The first-order valence-electron chi connectivity index (χ1n) is 6.73. The van der Waals surface area contributed by atoms with Crippen LogP contribution in [0, 0.1) is 5.92 Å². The monoisotopic (exact) mass is 340 g/mol. The number of thioether (sulfide) groups is 1. The van der Waals surface area contributed by atoms with Crippen LogP contribution in [0.2, 0.25) is 5.32 Å². The van der Waals surface area contributed by atoms with Crippen LogP contribution in [-0.2, 0) is 0 Å². The SMILES string of the molecule is CC(C)=CC[Se]/C(=C/c1ccccc1)SCC(C)C. The Morgan fingerprint density at radius 1 is 1.21 bits per heavy atom. The van der Waals surface area contributed by atoms with Gasteiger partial charge in [-0.1, -0.05) is 0 Å². The van der Waals surface area contributed by atoms with Crippen molar-refractivity contribution < 1.29 is 0 Å². The third-order valence-electron chi connectivity index (χ3n) is 2.36. The van der Waals surface area contributed by atoms with Gasteiger partial charge in [0.1, 0.15) is 0 Å². The van der Waals surface area contributed by atoms with Crippen LogP contribution in [0.3, 0.4) is 0 Å². The summed E-state index contributed by atoms with van der Waals surface area (Å²) in [4.78, 5) is 0. The van der Waals surface area contributed by atoms with E-state index in [0.29, 0.717) is 15.0 Å². The zero-order valence-electron chi connectivity index (χ0n) is 12.3. The van der Waals surface area contributed by atoms with Gasteiger partial charge in [0.25, 0.3) is 0 Å². The molecule has 0 radical (unpaired) electrons. The van der Waals surface area contributed by atoms with Gasteiger partial charge in [-0.15, -0.1) is 0 Å². The minimum atomic E-state index is 0.562. The van der Waals surface area contributed by atoms with E-state index in [2.05, 4.69) is 70.2 Å². The van der Waals surface area contributed by atoms with E-state index in [1.165, 1.54) is 22.2 Å². The van der Waals surface area contributed by atoms with Crippen LogP contribution >= 0.6 is 11.8 Å². The molecule has 0 aromatic heterocycles. The molecular formula is C17H24SSe. The minimum absolute atomic E-state index is 0.562. The molecule has 0 spiro atoms. The summed E-state index contributed by atoms with van der Waals surface area (Å²) < 4.78 is 1.56. The second-order valence-corrected chi connectivity index (χ2v) is 9.04. The van der Waals surface area contributed by atoms with Crippen molar-refractivity contribution in [3.05, 3.63) is 51.3 Å². The van der Waals surface area contributed by atoms with Gasteiger partial charge in [0.05, 0.1) is 0 Å². The van der Waals surface area contributed by atoms with Gasteiger partial charge in [-0.3, -0.25) is 0 Å². The fourth-order valence-electron chi connectivity index (χ4n) is 1.35. The van der Waals surface area contributed by atoms with Crippen LogP contribution < -0.4 is 0 Å². The Bertz CT molecular complexity index is 414. The number of hydrogen-bond donors (Lipinski definition) is 0. The van der Waals surface area contributed by atoms with Gasteiger partial charge in [-0.05, 0) is 0 Å². The van der Waals surface area contributed by atoms with Gasteiger partial charge in [0.15, 0.2) is 0 Å². The zero-order valence-corrected chi connectivity index (χ0v) is 14.9. The molecule has 0 atom stereocenters. The molecule has 0 N–H and O–H groups in total. The Morgan fingerprint density at radius 3 is 2.47 bits per heavy atom. The molecule has 0 saturated carbocycles. The summed E-state index contributed by atoms with van der Waals surface area (Å²) in [5.74, 6) is 1.97. The molecule has 0 nitrogen and oxygen atoms in total. The van der Waals surface area contributed by atoms with Crippen LogP contribution in [-0.4, -0.2) is 20.7 Å². The molecule has 1 aromatic rings. The van der Waals surface area contributed by atoms with E-state index in [9.17, 15) is 0 Å². The second-order valence-electron chi connectivity index (χ2n) is 5.17. The van der Waals surface area contributed by atoms with E-state index in [-0.39, 0.29) is 0 Å². The molecule has 0 aliphatic rings. The molecule has 0 amide bonds. The van der Waals surface area contributed by atoms with Crippen molar-refractivity contribution in [2.24, 2.45) is 5.92 Å². The Morgan fingerprint density at radius 2 is 1.89 bits per heavy atom. The average Bonchev–Trinajstić information content (AvgIpc) is 2.36. The van der Waals surface area contributed by atoms with E-state index < -0.39 is 0 Å². The molecule has 0 saturated heterocycles. The summed E-state index contributed by atoms with van der Waals surface area (Å²) in [7, 11) is 0. The maximum absolute atomic E-state index is 2.37. The first-order chi connectivity index (χ1) is 9.08. The summed E-state index contributed by atoms with van der Waals surface area (Å²) in [6.45, 7) is 8.93. The molecule has 0 aliphatic heterocycles. The normalized spacial score (nSPS) is 11.7. The van der Waals surface area contributed by atoms with Crippen molar-refractivity contribution in [1.82, 2.24) is 0 Å². The fraction of sp³-hybridized carbons (Fsp3) is 0.412. The van der Waals surface area contributed by atoms with E-state index in [4.69, 9.17) is 0 Å². The van der Waals surface area contributed by atoms with Crippen molar-refractivity contribution in [1.29, 1.82) is 0 Å². The van der Waals surface area contributed by atoms with Crippen molar-refractivity contribution >= 4 is 32.8 Å². The summed E-state index contributed by atoms with van der Waals surface area (Å²) in [6.07, 6.45) is 4.72. The Labute approximate surface area is 128 Å². The van der Waals surface area contributed by atoms with Crippen LogP contribution in [0.5, 0.6) is 0 Å². The molecule has 2 heteroatoms. The molecule has 0 fully saturated rings. The predicted octanol–water partition coefficient (Wildman–Crippen LogP) is 5.46. The molecule has 0 heterocycles. The third-order valence-corrected chi connectivity index (χ3v) is 6.49. The molecule has 104 valence electrons. The summed E-state index contributed by atoms with van der Waals surface area (Å²) in [5.41, 5.74) is 2.75. The number of benzene rings is 1. The summed E-state index contributed by atoms with van der Waals surface area (Å²) in [6, 6.07) is 10.7. The zero-order chi connectivity index (χ0) is 14.1. The number of hydrogen-bond acceptors (Lipinski definition) is 1. The second kappa shape index (κ2) is 9.47. The topological polar surface area (TPSA) is 0 Å². The Hall–Kier alpha value is -0.431. The van der Waals surface area contributed by atoms with Crippen molar-refractivity contribution in [3.63, 3.8) is 0 Å². The van der Waals surface area contributed by atoms with Crippen LogP contribution in [0.4, 0.5) is 0 Å². The molecule has 0 unspecified atom stereocenters. The van der Waals surface area contributed by atoms with Crippen LogP contribution in [0.1, 0.15) is 33.3 Å². The van der Waals surface area contributed by atoms with E-state index in [0.717, 1.165) is 5.92 Å². The summed E-state index contributed by atoms with van der Waals surface area (Å²) in [5, 5.41) is 1.21. The van der Waals surface area contributed by atoms with Gasteiger partial charge in [0.2, 0.25) is 0 Å². The predicted molar refractivity (Wildman–Crippen MR) is 91.7 cm³/mol. The maximum atomic E-state index is 2.37. The number of rotatable bonds is 7.